The molecule has 0 unspecified atom stereocenters. The molecule has 0 saturated carbocycles. The van der Waals surface area contributed by atoms with E-state index in [9.17, 15) is 10.5 Å². The molecule has 0 radical (unpaired) electrons. The van der Waals surface area contributed by atoms with Crippen molar-refractivity contribution in [2.45, 2.75) is 0 Å². The number of rotatable bonds is 2. The van der Waals surface area contributed by atoms with Gasteiger partial charge in [-0.2, -0.15) is 10.5 Å². The van der Waals surface area contributed by atoms with Crippen LogP contribution in [0.25, 0.3) is 95.3 Å². The van der Waals surface area contributed by atoms with Gasteiger partial charge in [0.2, 0.25) is 0 Å². The van der Waals surface area contributed by atoms with E-state index in [-0.39, 0.29) is 0 Å². The summed E-state index contributed by atoms with van der Waals surface area (Å²) in [5.74, 6) is 0. The second-order valence-corrected chi connectivity index (χ2v) is 14.8. The number of thiophene rings is 2. The van der Waals surface area contributed by atoms with Gasteiger partial charge in [0, 0.05) is 58.2 Å². The molecule has 11 aromatic rings. The fraction of sp³-hybridized carbons (Fsp3) is 0. The lowest BCUT2D eigenvalue weighted by Crippen LogP contribution is -2.04. The van der Waals surface area contributed by atoms with E-state index in [1.807, 2.05) is 12.1 Å². The van der Waals surface area contributed by atoms with Crippen molar-refractivity contribution in [3.05, 3.63) is 145 Å². The first kappa shape index (κ1) is 27.5. The predicted molar refractivity (Wildman–Crippen MR) is 210 cm³/mol. The van der Waals surface area contributed by atoms with E-state index in [4.69, 9.17) is 0 Å². The molecule has 0 amide bonds. The van der Waals surface area contributed by atoms with Gasteiger partial charge in [0.15, 0.2) is 0 Å². The highest BCUT2D eigenvalue weighted by Crippen LogP contribution is 2.46. The molecule has 0 aliphatic rings. The van der Waals surface area contributed by atoms with Gasteiger partial charge in [0.1, 0.15) is 12.1 Å². The molecule has 0 spiro atoms. The minimum Gasteiger partial charge on any atom is -0.308 e. The Bertz CT molecular complexity index is 3360. The van der Waals surface area contributed by atoms with Gasteiger partial charge in [0.25, 0.3) is 0 Å². The summed E-state index contributed by atoms with van der Waals surface area (Å²) in [7, 11) is 0. The smallest absolute Gasteiger partial charge is 0.103 e. The van der Waals surface area contributed by atoms with Crippen molar-refractivity contribution in [1.82, 2.24) is 9.13 Å². The van der Waals surface area contributed by atoms with Gasteiger partial charge in [-0.1, -0.05) is 97.1 Å². The fourth-order valence-corrected chi connectivity index (χ4v) is 10.6. The summed E-state index contributed by atoms with van der Waals surface area (Å²) in [6.07, 6.45) is 0. The summed E-state index contributed by atoms with van der Waals surface area (Å²) in [5, 5.41) is 30.8. The molecule has 0 aliphatic carbocycles. The summed E-state index contributed by atoms with van der Waals surface area (Å²) >= 11 is 3.57. The lowest BCUT2D eigenvalue weighted by molar-refractivity contribution is 1.13. The monoisotopic (exact) mass is 670 g/mol. The molecular weight excluding hydrogens is 649 g/mol. The minimum absolute atomic E-state index is 0.351. The number of nitrogens with zero attached hydrogens (tertiary/aromatic N) is 4. The van der Waals surface area contributed by atoms with Crippen molar-refractivity contribution in [2.24, 2.45) is 0 Å². The molecule has 0 bridgehead atoms. The van der Waals surface area contributed by atoms with Crippen molar-refractivity contribution < 1.29 is 0 Å². The van der Waals surface area contributed by atoms with Crippen molar-refractivity contribution in [2.75, 3.05) is 0 Å². The SMILES string of the molecule is N#Cc1cc(-n2c3ccccc3c3ccc4c5ccccc5sc4c32)cc(-n2c3ccccc3c3ccc4c5ccccc5sc4c32)c1C#N. The van der Waals surface area contributed by atoms with Gasteiger partial charge in [-0.3, -0.25) is 0 Å². The second kappa shape index (κ2) is 10.0. The predicted octanol–water partition coefficient (Wildman–Crippen LogP) is 12.4. The maximum Gasteiger partial charge on any atom is 0.103 e. The molecule has 0 atom stereocenters. The van der Waals surface area contributed by atoms with Gasteiger partial charge in [0.05, 0.1) is 48.3 Å². The van der Waals surface area contributed by atoms with Crippen LogP contribution in [-0.4, -0.2) is 9.13 Å². The molecule has 4 nitrogen and oxygen atoms in total. The molecule has 50 heavy (non-hydrogen) atoms. The Morgan fingerprint density at radius 1 is 0.440 bits per heavy atom. The molecule has 230 valence electrons. The molecular formula is C44H22N4S2. The molecule has 0 N–H and O–H groups in total. The van der Waals surface area contributed by atoms with E-state index in [1.165, 1.54) is 35.6 Å². The van der Waals surface area contributed by atoms with Crippen LogP contribution < -0.4 is 0 Å². The van der Waals surface area contributed by atoms with E-state index in [0.717, 1.165) is 54.0 Å². The number of fused-ring (bicyclic) bond motifs is 14. The van der Waals surface area contributed by atoms with E-state index in [0.29, 0.717) is 16.8 Å². The number of nitriles is 2. The van der Waals surface area contributed by atoms with Crippen LogP contribution in [-0.2, 0) is 0 Å². The largest absolute Gasteiger partial charge is 0.308 e. The highest BCUT2D eigenvalue weighted by Gasteiger charge is 2.24. The van der Waals surface area contributed by atoms with Crippen molar-refractivity contribution >= 4 is 107 Å². The van der Waals surface area contributed by atoms with Gasteiger partial charge in [-0.15, -0.1) is 22.7 Å². The first-order valence-electron chi connectivity index (χ1n) is 16.4. The van der Waals surface area contributed by atoms with Gasteiger partial charge >= 0.3 is 0 Å². The molecule has 6 heteroatoms. The molecule has 0 saturated heterocycles. The zero-order valence-corrected chi connectivity index (χ0v) is 27.9. The first-order chi connectivity index (χ1) is 24.7. The standard InChI is InChI=1S/C44H22N4S2/c45-23-25-21-26(47-36-13-5-1-9-27(36)31-17-19-33-29-11-3-7-15-39(29)49-43(33)41(31)47)22-38(35(25)24-46)48-37-14-6-2-10-28(37)32-18-20-34-30-12-4-8-16-40(30)50-44(34)42(32)48/h1-22H. The molecule has 4 aromatic heterocycles. The third kappa shape index (κ3) is 3.51. The molecule has 0 fully saturated rings. The van der Waals surface area contributed by atoms with E-state index >= 15 is 0 Å². The van der Waals surface area contributed by atoms with Crippen LogP contribution in [0.15, 0.2) is 133 Å². The quantitative estimate of drug-likeness (QED) is 0.184. The third-order valence-corrected chi connectivity index (χ3v) is 12.6. The van der Waals surface area contributed by atoms with Gasteiger partial charge in [-0.25, -0.2) is 0 Å². The number of benzene rings is 7. The average molecular weight is 671 g/mol. The first-order valence-corrected chi connectivity index (χ1v) is 18.0. The third-order valence-electron chi connectivity index (χ3n) is 10.2. The van der Waals surface area contributed by atoms with Crippen molar-refractivity contribution in [1.29, 1.82) is 10.5 Å². The van der Waals surface area contributed by atoms with Crippen LogP contribution in [0.2, 0.25) is 0 Å². The number of hydrogen-bond acceptors (Lipinski definition) is 4. The zero-order valence-electron chi connectivity index (χ0n) is 26.3. The Labute approximate surface area is 293 Å². The highest BCUT2D eigenvalue weighted by molar-refractivity contribution is 7.27. The summed E-state index contributed by atoms with van der Waals surface area (Å²) in [6, 6.07) is 51.8. The van der Waals surface area contributed by atoms with Crippen molar-refractivity contribution in [3.63, 3.8) is 0 Å². The van der Waals surface area contributed by atoms with Crippen molar-refractivity contribution in [3.8, 4) is 23.5 Å². The lowest BCUT2D eigenvalue weighted by atomic mass is 10.0. The Balaban J connectivity index is 1.33. The van der Waals surface area contributed by atoms with E-state index in [2.05, 4.69) is 143 Å². The summed E-state index contributed by atoms with van der Waals surface area (Å²) < 4.78 is 9.36. The van der Waals surface area contributed by atoms with Crippen LogP contribution in [0, 0.1) is 22.7 Å². The molecule has 7 aromatic carbocycles. The molecule has 0 aliphatic heterocycles. The summed E-state index contributed by atoms with van der Waals surface area (Å²) in [5.41, 5.74) is 6.48. The average Bonchev–Trinajstić information content (AvgIpc) is 3.92. The van der Waals surface area contributed by atoms with Crippen LogP contribution in [0.3, 0.4) is 0 Å². The molecule has 11 rings (SSSR count). The maximum absolute atomic E-state index is 10.8. The summed E-state index contributed by atoms with van der Waals surface area (Å²) in [6.45, 7) is 0. The van der Waals surface area contributed by atoms with Gasteiger partial charge in [-0.05, 0) is 36.4 Å². The second-order valence-electron chi connectivity index (χ2n) is 12.7. The Morgan fingerprint density at radius 2 is 0.920 bits per heavy atom. The van der Waals surface area contributed by atoms with E-state index in [1.54, 1.807) is 22.7 Å². The minimum atomic E-state index is 0.351. The van der Waals surface area contributed by atoms with Crippen LogP contribution >= 0.6 is 22.7 Å². The fourth-order valence-electron chi connectivity index (χ4n) is 8.10. The van der Waals surface area contributed by atoms with Crippen LogP contribution in [0.5, 0.6) is 0 Å². The van der Waals surface area contributed by atoms with E-state index < -0.39 is 0 Å². The topological polar surface area (TPSA) is 57.4 Å². The number of para-hydroxylation sites is 2. The zero-order chi connectivity index (χ0) is 33.1. The Kier molecular flexibility index (Phi) is 5.52. The number of hydrogen-bond donors (Lipinski definition) is 0. The summed E-state index contributed by atoms with van der Waals surface area (Å²) in [4.78, 5) is 0. The van der Waals surface area contributed by atoms with Crippen LogP contribution in [0.4, 0.5) is 0 Å². The Hall–Kier alpha value is -6.44. The van der Waals surface area contributed by atoms with Gasteiger partial charge < -0.3 is 9.13 Å². The highest BCUT2D eigenvalue weighted by atomic mass is 32.1. The Morgan fingerprint density at radius 3 is 1.48 bits per heavy atom. The lowest BCUT2D eigenvalue weighted by Gasteiger charge is -2.16. The van der Waals surface area contributed by atoms with Crippen LogP contribution in [0.1, 0.15) is 11.1 Å². The normalized spacial score (nSPS) is 12.0. The maximum atomic E-state index is 10.8. The molecule has 4 heterocycles. The number of aromatic nitrogens is 2.